The summed E-state index contributed by atoms with van der Waals surface area (Å²) in [5.41, 5.74) is 1.44. The quantitative estimate of drug-likeness (QED) is 0.697. The molecular weight excluding hydrogens is 386 g/mol. The van der Waals surface area contributed by atoms with Gasteiger partial charge in [0.1, 0.15) is 23.0 Å². The lowest BCUT2D eigenvalue weighted by atomic mass is 10.3. The van der Waals surface area contributed by atoms with E-state index in [0.29, 0.717) is 42.6 Å². The molecule has 30 heavy (non-hydrogen) atoms. The normalized spacial score (nSPS) is 13.6. The maximum atomic E-state index is 12.3. The van der Waals surface area contributed by atoms with Gasteiger partial charge in [0.2, 0.25) is 0 Å². The van der Waals surface area contributed by atoms with Crippen molar-refractivity contribution in [2.24, 2.45) is 7.05 Å². The monoisotopic (exact) mass is 407 g/mol. The van der Waals surface area contributed by atoms with Gasteiger partial charge in [-0.2, -0.15) is 0 Å². The molecule has 0 unspecified atom stereocenters. The van der Waals surface area contributed by atoms with Gasteiger partial charge >= 0.3 is 12.1 Å². The average Bonchev–Trinajstić information content (AvgIpc) is 3.35. The molecule has 0 aromatic carbocycles. The molecule has 10 heteroatoms. The van der Waals surface area contributed by atoms with Gasteiger partial charge in [-0.05, 0) is 25.1 Å². The van der Waals surface area contributed by atoms with Gasteiger partial charge in [0.05, 0.1) is 18.2 Å². The van der Waals surface area contributed by atoms with E-state index in [1.54, 1.807) is 41.7 Å². The summed E-state index contributed by atoms with van der Waals surface area (Å²) in [6.07, 6.45) is 6.72. The zero-order valence-corrected chi connectivity index (χ0v) is 16.6. The predicted molar refractivity (Wildman–Crippen MR) is 109 cm³/mol. The Bertz CT molecular complexity index is 1060. The van der Waals surface area contributed by atoms with Crippen molar-refractivity contribution >= 4 is 17.9 Å². The number of imide groups is 1. The van der Waals surface area contributed by atoms with E-state index < -0.39 is 6.03 Å². The number of carbonyl (C=O) groups is 2. The number of nitrogens with one attached hydrogen (secondary N) is 1. The van der Waals surface area contributed by atoms with Crippen LogP contribution in [-0.2, 0) is 7.05 Å². The number of hydrogen-bond donors (Lipinski definition) is 1. The highest BCUT2D eigenvalue weighted by Gasteiger charge is 2.32. The lowest BCUT2D eigenvalue weighted by Crippen LogP contribution is -2.39. The summed E-state index contributed by atoms with van der Waals surface area (Å²) in [5, 5.41) is 2.64. The molecule has 0 atom stereocenters. The first kappa shape index (κ1) is 19.4. The van der Waals surface area contributed by atoms with Gasteiger partial charge < -0.3 is 14.2 Å². The number of aryl methyl sites for hydroxylation is 1. The van der Waals surface area contributed by atoms with Crippen LogP contribution >= 0.6 is 0 Å². The summed E-state index contributed by atoms with van der Waals surface area (Å²) >= 11 is 0. The Labute approximate surface area is 173 Å². The van der Waals surface area contributed by atoms with E-state index in [1.807, 2.05) is 24.7 Å². The van der Waals surface area contributed by atoms with Crippen LogP contribution in [-0.4, -0.2) is 61.0 Å². The van der Waals surface area contributed by atoms with Gasteiger partial charge in [0, 0.05) is 45.1 Å². The lowest BCUT2D eigenvalue weighted by molar-refractivity contribution is 0.192. The number of aromatic nitrogens is 4. The van der Waals surface area contributed by atoms with Gasteiger partial charge in [-0.1, -0.05) is 0 Å². The number of anilines is 1. The Morgan fingerprint density at radius 1 is 1.13 bits per heavy atom. The zero-order chi connectivity index (χ0) is 21.1. The highest BCUT2D eigenvalue weighted by molar-refractivity contribution is 6.01. The van der Waals surface area contributed by atoms with Crippen LogP contribution in [0.5, 0.6) is 11.5 Å². The molecule has 4 heterocycles. The molecule has 10 nitrogen and oxygen atoms in total. The van der Waals surface area contributed by atoms with Gasteiger partial charge in [0.25, 0.3) is 0 Å². The molecule has 3 aromatic rings. The lowest BCUT2D eigenvalue weighted by Gasteiger charge is -2.16. The topological polar surface area (TPSA) is 105 Å². The van der Waals surface area contributed by atoms with Crippen molar-refractivity contribution in [1.29, 1.82) is 0 Å². The summed E-state index contributed by atoms with van der Waals surface area (Å²) in [6.45, 7) is 3.35. The van der Waals surface area contributed by atoms with Gasteiger partial charge in [-0.25, -0.2) is 24.5 Å². The van der Waals surface area contributed by atoms with E-state index in [-0.39, 0.29) is 6.03 Å². The van der Waals surface area contributed by atoms with Crippen molar-refractivity contribution in [3.05, 3.63) is 49.2 Å². The summed E-state index contributed by atoms with van der Waals surface area (Å²) in [6, 6.07) is 6.04. The minimum absolute atomic E-state index is 0.295. The number of nitrogens with zero attached hydrogens (tertiary/aromatic N) is 6. The second-order valence-electron chi connectivity index (χ2n) is 6.73. The van der Waals surface area contributed by atoms with Crippen LogP contribution in [0.1, 0.15) is 6.92 Å². The van der Waals surface area contributed by atoms with Gasteiger partial charge in [-0.3, -0.25) is 10.3 Å². The summed E-state index contributed by atoms with van der Waals surface area (Å²) in [7, 11) is 1.89. The van der Waals surface area contributed by atoms with Crippen LogP contribution in [0.15, 0.2) is 49.2 Å². The molecule has 1 saturated heterocycles. The second kappa shape index (κ2) is 8.19. The van der Waals surface area contributed by atoms with E-state index in [9.17, 15) is 9.59 Å². The maximum Gasteiger partial charge on any atom is 0.331 e. The van der Waals surface area contributed by atoms with E-state index >= 15 is 0 Å². The molecule has 0 saturated carbocycles. The van der Waals surface area contributed by atoms with E-state index in [4.69, 9.17) is 4.74 Å². The predicted octanol–water partition coefficient (Wildman–Crippen LogP) is 2.96. The Morgan fingerprint density at radius 3 is 2.67 bits per heavy atom. The Kier molecular flexibility index (Phi) is 5.29. The number of likely N-dealkylation sites (N-methyl/N-ethyl adjacent to an activating group) is 1. The molecule has 0 spiro atoms. The smallest absolute Gasteiger partial charge is 0.331 e. The number of imidazole rings is 1. The number of rotatable bonds is 5. The van der Waals surface area contributed by atoms with Crippen molar-refractivity contribution < 1.29 is 14.3 Å². The fraction of sp³-hybridized carbons (Fsp3) is 0.250. The molecule has 1 aliphatic heterocycles. The standard InChI is InChI=1S/C20H21N7O3/c1-3-26-8-9-27(20(26)29)19(28)24-18-5-4-15(11-22-18)30-14-6-7-21-16(10-14)17-12-25(2)13-23-17/h4-7,10-13H,3,8-9H2,1-2H3,(H,22,24,28). The van der Waals surface area contributed by atoms with E-state index in [0.717, 1.165) is 5.69 Å². The summed E-state index contributed by atoms with van der Waals surface area (Å²) < 4.78 is 7.68. The SMILES string of the molecule is CCN1CCN(C(=O)Nc2ccc(Oc3ccnc(-c4cn(C)cn4)c3)cn2)C1=O. The van der Waals surface area contributed by atoms with Crippen molar-refractivity contribution in [1.82, 2.24) is 29.3 Å². The van der Waals surface area contributed by atoms with Crippen LogP contribution in [0.4, 0.5) is 15.4 Å². The number of carbonyl (C=O) groups excluding carboxylic acids is 2. The molecule has 1 N–H and O–H groups in total. The third kappa shape index (κ3) is 4.07. The average molecular weight is 407 g/mol. The molecule has 4 rings (SSSR count). The largest absolute Gasteiger partial charge is 0.456 e. The first-order chi connectivity index (χ1) is 14.5. The Morgan fingerprint density at radius 2 is 2.00 bits per heavy atom. The Hall–Kier alpha value is -3.95. The number of pyridine rings is 2. The number of ether oxygens (including phenoxy) is 1. The van der Waals surface area contributed by atoms with Crippen LogP contribution in [0.3, 0.4) is 0 Å². The van der Waals surface area contributed by atoms with Crippen molar-refractivity contribution in [2.75, 3.05) is 25.0 Å². The third-order valence-corrected chi connectivity index (χ3v) is 4.63. The van der Waals surface area contributed by atoms with Gasteiger partial charge in [0.15, 0.2) is 0 Å². The van der Waals surface area contributed by atoms with Crippen LogP contribution in [0, 0.1) is 0 Å². The first-order valence-electron chi connectivity index (χ1n) is 9.49. The molecule has 0 radical (unpaired) electrons. The molecule has 0 bridgehead atoms. The van der Waals surface area contributed by atoms with Crippen molar-refractivity contribution in [3.8, 4) is 22.9 Å². The fourth-order valence-electron chi connectivity index (χ4n) is 3.05. The number of amides is 4. The molecule has 1 aliphatic rings. The van der Waals surface area contributed by atoms with Crippen molar-refractivity contribution in [2.45, 2.75) is 6.92 Å². The highest BCUT2D eigenvalue weighted by Crippen LogP contribution is 2.25. The second-order valence-corrected chi connectivity index (χ2v) is 6.73. The third-order valence-electron chi connectivity index (χ3n) is 4.63. The van der Waals surface area contributed by atoms with Crippen LogP contribution < -0.4 is 10.1 Å². The first-order valence-corrected chi connectivity index (χ1v) is 9.49. The molecular formula is C20H21N7O3. The van der Waals surface area contributed by atoms with Crippen LogP contribution in [0.25, 0.3) is 11.4 Å². The van der Waals surface area contributed by atoms with Gasteiger partial charge in [-0.15, -0.1) is 0 Å². The molecule has 154 valence electrons. The fourth-order valence-corrected chi connectivity index (χ4v) is 3.05. The molecule has 1 fully saturated rings. The highest BCUT2D eigenvalue weighted by atomic mass is 16.5. The van der Waals surface area contributed by atoms with Crippen LogP contribution in [0.2, 0.25) is 0 Å². The number of hydrogen-bond acceptors (Lipinski definition) is 6. The maximum absolute atomic E-state index is 12.3. The minimum Gasteiger partial charge on any atom is -0.456 e. The van der Waals surface area contributed by atoms with E-state index in [2.05, 4.69) is 20.3 Å². The van der Waals surface area contributed by atoms with E-state index in [1.165, 1.54) is 11.1 Å². The number of urea groups is 2. The molecule has 3 aromatic heterocycles. The molecule has 0 aliphatic carbocycles. The molecule has 4 amide bonds. The summed E-state index contributed by atoms with van der Waals surface area (Å²) in [4.78, 5) is 40.0. The van der Waals surface area contributed by atoms with Crippen molar-refractivity contribution in [3.63, 3.8) is 0 Å². The summed E-state index contributed by atoms with van der Waals surface area (Å²) in [5.74, 6) is 1.42. The zero-order valence-electron chi connectivity index (χ0n) is 16.6. The minimum atomic E-state index is -0.494. The Balaban J connectivity index is 1.40.